The highest BCUT2D eigenvalue weighted by molar-refractivity contribution is 4.84. The van der Waals surface area contributed by atoms with Crippen molar-refractivity contribution in [3.63, 3.8) is 0 Å². The first-order valence-electron chi connectivity index (χ1n) is 7.22. The van der Waals surface area contributed by atoms with Gasteiger partial charge in [-0.3, -0.25) is 0 Å². The van der Waals surface area contributed by atoms with E-state index in [1.807, 2.05) is 0 Å². The molecule has 0 saturated carbocycles. The molecule has 2 saturated heterocycles. The molecule has 1 N–H and O–H groups in total. The van der Waals surface area contributed by atoms with Crippen LogP contribution in [0.2, 0.25) is 0 Å². The first-order chi connectivity index (χ1) is 8.29. The number of rotatable bonds is 5. The topological polar surface area (TPSA) is 30.5 Å². The van der Waals surface area contributed by atoms with Crippen LogP contribution in [-0.4, -0.2) is 38.5 Å². The molecule has 2 fully saturated rings. The monoisotopic (exact) mass is 241 g/mol. The van der Waals surface area contributed by atoms with Crippen molar-refractivity contribution in [2.45, 2.75) is 51.7 Å². The van der Waals surface area contributed by atoms with Crippen molar-refractivity contribution in [1.29, 1.82) is 0 Å². The first-order valence-corrected chi connectivity index (χ1v) is 7.22. The van der Waals surface area contributed by atoms with Crippen LogP contribution in [0.15, 0.2) is 0 Å². The molecule has 2 aliphatic heterocycles. The number of hydrogen-bond acceptors (Lipinski definition) is 3. The summed E-state index contributed by atoms with van der Waals surface area (Å²) < 4.78 is 11.2. The third kappa shape index (κ3) is 3.94. The number of hydrogen-bond donors (Lipinski definition) is 1. The van der Waals surface area contributed by atoms with Gasteiger partial charge in [0.15, 0.2) is 0 Å². The molecule has 0 aromatic heterocycles. The van der Waals surface area contributed by atoms with Gasteiger partial charge in [-0.05, 0) is 45.1 Å². The lowest BCUT2D eigenvalue weighted by Crippen LogP contribution is -2.39. The summed E-state index contributed by atoms with van der Waals surface area (Å²) in [7, 11) is 0. The van der Waals surface area contributed by atoms with Crippen molar-refractivity contribution in [1.82, 2.24) is 5.32 Å². The number of ether oxygens (including phenoxy) is 2. The van der Waals surface area contributed by atoms with Gasteiger partial charge in [0.2, 0.25) is 0 Å². The molecule has 0 aliphatic carbocycles. The molecule has 0 aromatic carbocycles. The fourth-order valence-electron chi connectivity index (χ4n) is 3.18. The molecule has 0 bridgehead atoms. The van der Waals surface area contributed by atoms with Gasteiger partial charge in [-0.2, -0.15) is 0 Å². The maximum Gasteiger partial charge on any atom is 0.0551 e. The molecule has 3 heteroatoms. The van der Waals surface area contributed by atoms with Crippen LogP contribution in [0, 0.1) is 11.8 Å². The van der Waals surface area contributed by atoms with Crippen molar-refractivity contribution in [2.75, 3.05) is 26.4 Å². The van der Waals surface area contributed by atoms with Crippen molar-refractivity contribution in [2.24, 2.45) is 11.8 Å². The lowest BCUT2D eigenvalue weighted by Gasteiger charge is -2.30. The summed E-state index contributed by atoms with van der Waals surface area (Å²) >= 11 is 0. The molecule has 3 atom stereocenters. The lowest BCUT2D eigenvalue weighted by atomic mass is 9.85. The van der Waals surface area contributed by atoms with E-state index in [0.29, 0.717) is 18.1 Å². The van der Waals surface area contributed by atoms with E-state index in [4.69, 9.17) is 9.47 Å². The largest absolute Gasteiger partial charge is 0.381 e. The average Bonchev–Trinajstić information content (AvgIpc) is 2.77. The molecule has 2 rings (SSSR count). The molecule has 3 unspecified atom stereocenters. The van der Waals surface area contributed by atoms with Gasteiger partial charge in [0.25, 0.3) is 0 Å². The normalized spacial score (nSPS) is 32.8. The minimum absolute atomic E-state index is 0.454. The van der Waals surface area contributed by atoms with Gasteiger partial charge in [-0.25, -0.2) is 0 Å². The Hall–Kier alpha value is -0.120. The maximum atomic E-state index is 5.72. The minimum atomic E-state index is 0.454. The van der Waals surface area contributed by atoms with E-state index in [1.165, 1.54) is 25.7 Å². The average molecular weight is 241 g/mol. The highest BCUT2D eigenvalue weighted by Gasteiger charge is 2.31. The highest BCUT2D eigenvalue weighted by Crippen LogP contribution is 2.28. The molecule has 0 amide bonds. The van der Waals surface area contributed by atoms with Gasteiger partial charge in [-0.15, -0.1) is 0 Å². The van der Waals surface area contributed by atoms with Gasteiger partial charge in [0, 0.05) is 25.2 Å². The van der Waals surface area contributed by atoms with Crippen LogP contribution in [0.4, 0.5) is 0 Å². The van der Waals surface area contributed by atoms with E-state index in [9.17, 15) is 0 Å². The Kier molecular flexibility index (Phi) is 5.26. The van der Waals surface area contributed by atoms with Crippen LogP contribution in [0.25, 0.3) is 0 Å². The van der Waals surface area contributed by atoms with Gasteiger partial charge < -0.3 is 14.8 Å². The van der Waals surface area contributed by atoms with Crippen molar-refractivity contribution < 1.29 is 9.47 Å². The van der Waals surface area contributed by atoms with Gasteiger partial charge in [0.05, 0.1) is 12.7 Å². The Morgan fingerprint density at radius 2 is 2.06 bits per heavy atom. The van der Waals surface area contributed by atoms with E-state index in [0.717, 1.165) is 32.3 Å². The van der Waals surface area contributed by atoms with Gasteiger partial charge in [0.1, 0.15) is 0 Å². The molecule has 100 valence electrons. The lowest BCUT2D eigenvalue weighted by molar-refractivity contribution is 0.0569. The molecule has 3 nitrogen and oxygen atoms in total. The quantitative estimate of drug-likeness (QED) is 0.800. The zero-order valence-electron chi connectivity index (χ0n) is 11.3. The van der Waals surface area contributed by atoms with Crippen LogP contribution in [0.3, 0.4) is 0 Å². The third-order valence-corrected chi connectivity index (χ3v) is 4.19. The van der Waals surface area contributed by atoms with Gasteiger partial charge in [-0.1, -0.05) is 6.92 Å². The Labute approximate surface area is 105 Å². The fourth-order valence-corrected chi connectivity index (χ4v) is 3.18. The standard InChI is InChI=1S/C14H27NO2/c1-3-15-14(13-8-11(2)17-10-13)9-12-4-6-16-7-5-12/h11-15H,3-10H2,1-2H3. The SMILES string of the molecule is CCNC(CC1CCOCC1)C1COC(C)C1. The van der Waals surface area contributed by atoms with Gasteiger partial charge >= 0.3 is 0 Å². The third-order valence-electron chi connectivity index (χ3n) is 4.19. The van der Waals surface area contributed by atoms with Crippen molar-refractivity contribution in [3.05, 3.63) is 0 Å². The maximum absolute atomic E-state index is 5.72. The van der Waals surface area contributed by atoms with E-state index in [-0.39, 0.29) is 0 Å². The second-order valence-corrected chi connectivity index (χ2v) is 5.60. The second-order valence-electron chi connectivity index (χ2n) is 5.60. The van der Waals surface area contributed by atoms with Crippen molar-refractivity contribution in [3.8, 4) is 0 Å². The molecule has 0 aromatic rings. The van der Waals surface area contributed by atoms with Crippen LogP contribution >= 0.6 is 0 Å². The summed E-state index contributed by atoms with van der Waals surface area (Å²) in [5.74, 6) is 1.57. The predicted octanol–water partition coefficient (Wildman–Crippen LogP) is 2.21. The highest BCUT2D eigenvalue weighted by atomic mass is 16.5. The zero-order chi connectivity index (χ0) is 12.1. The Balaban J connectivity index is 1.82. The molecule has 17 heavy (non-hydrogen) atoms. The Bertz CT molecular complexity index is 216. The summed E-state index contributed by atoms with van der Waals surface area (Å²) in [4.78, 5) is 0. The minimum Gasteiger partial charge on any atom is -0.381 e. The Morgan fingerprint density at radius 3 is 2.65 bits per heavy atom. The number of nitrogens with one attached hydrogen (secondary N) is 1. The smallest absolute Gasteiger partial charge is 0.0551 e. The molecule has 2 aliphatic rings. The van der Waals surface area contributed by atoms with Crippen LogP contribution < -0.4 is 5.32 Å². The summed E-state index contributed by atoms with van der Waals surface area (Å²) in [5.41, 5.74) is 0. The van der Waals surface area contributed by atoms with Crippen LogP contribution in [-0.2, 0) is 9.47 Å². The summed E-state index contributed by atoms with van der Waals surface area (Å²) in [6, 6.07) is 0.646. The molecule has 0 radical (unpaired) electrons. The summed E-state index contributed by atoms with van der Waals surface area (Å²) in [5, 5.41) is 3.67. The molecule has 0 spiro atoms. The summed E-state index contributed by atoms with van der Waals surface area (Å²) in [6.45, 7) is 8.33. The zero-order valence-corrected chi connectivity index (χ0v) is 11.3. The van der Waals surface area contributed by atoms with Crippen LogP contribution in [0.5, 0.6) is 0 Å². The molecular weight excluding hydrogens is 214 g/mol. The van der Waals surface area contributed by atoms with E-state index >= 15 is 0 Å². The Morgan fingerprint density at radius 1 is 1.29 bits per heavy atom. The molecule has 2 heterocycles. The first kappa shape index (κ1) is 13.3. The summed E-state index contributed by atoms with van der Waals surface area (Å²) in [6.07, 6.45) is 5.46. The van der Waals surface area contributed by atoms with E-state index < -0.39 is 0 Å². The second kappa shape index (κ2) is 6.72. The van der Waals surface area contributed by atoms with Crippen molar-refractivity contribution >= 4 is 0 Å². The molecular formula is C14H27NO2. The van der Waals surface area contributed by atoms with E-state index in [1.54, 1.807) is 0 Å². The predicted molar refractivity (Wildman–Crippen MR) is 69.1 cm³/mol. The fraction of sp³-hybridized carbons (Fsp3) is 1.00. The van der Waals surface area contributed by atoms with Crippen LogP contribution in [0.1, 0.15) is 39.5 Å². The van der Waals surface area contributed by atoms with E-state index in [2.05, 4.69) is 19.2 Å².